The molecule has 106 valence electrons. The summed E-state index contributed by atoms with van der Waals surface area (Å²) in [5.41, 5.74) is 0.887. The third kappa shape index (κ3) is 5.03. The van der Waals surface area contributed by atoms with Gasteiger partial charge in [0.15, 0.2) is 0 Å². The number of nitrogens with zero attached hydrogens (tertiary/aromatic N) is 1. The second-order valence-electron chi connectivity index (χ2n) is 5.17. The van der Waals surface area contributed by atoms with Crippen LogP contribution in [0, 0.1) is 5.92 Å². The summed E-state index contributed by atoms with van der Waals surface area (Å²) >= 11 is 0. The van der Waals surface area contributed by atoms with Gasteiger partial charge in [0.1, 0.15) is 0 Å². The molecule has 2 unspecified atom stereocenters. The van der Waals surface area contributed by atoms with Gasteiger partial charge in [-0.25, -0.2) is 0 Å². The highest BCUT2D eigenvalue weighted by molar-refractivity contribution is 5.76. The van der Waals surface area contributed by atoms with Gasteiger partial charge < -0.3 is 10.0 Å². The lowest BCUT2D eigenvalue weighted by molar-refractivity contribution is -0.139. The zero-order valence-corrected chi connectivity index (χ0v) is 12.2. The number of benzene rings is 1. The lowest BCUT2D eigenvalue weighted by Crippen LogP contribution is -2.34. The fraction of sp³-hybridized carbons (Fsp3) is 0.562. The van der Waals surface area contributed by atoms with Crippen molar-refractivity contribution in [1.82, 2.24) is 4.90 Å². The maximum Gasteiger partial charge on any atom is 0.312 e. The maximum atomic E-state index is 11.5. The molecule has 1 aromatic carbocycles. The highest BCUT2D eigenvalue weighted by Gasteiger charge is 2.22. The smallest absolute Gasteiger partial charge is 0.312 e. The highest BCUT2D eigenvalue weighted by atomic mass is 16.4. The number of hydrogen-bond donors (Lipinski definition) is 1. The van der Waals surface area contributed by atoms with E-state index < -0.39 is 11.9 Å². The minimum Gasteiger partial charge on any atom is -0.481 e. The number of carboxylic acids is 1. The van der Waals surface area contributed by atoms with Crippen LogP contribution in [0.25, 0.3) is 0 Å². The summed E-state index contributed by atoms with van der Waals surface area (Å²) in [5.74, 6) is -0.579. The molecule has 0 saturated heterocycles. The van der Waals surface area contributed by atoms with Gasteiger partial charge in [0.2, 0.25) is 0 Å². The number of hydrogen-bond acceptors (Lipinski definition) is 2. The molecule has 3 nitrogen and oxygen atoms in total. The molecule has 1 N–H and O–H groups in total. The number of carbonyl (C=O) groups is 1. The molecule has 0 aliphatic carbocycles. The second-order valence-corrected chi connectivity index (χ2v) is 5.17. The van der Waals surface area contributed by atoms with E-state index in [9.17, 15) is 9.90 Å². The Bertz CT molecular complexity index is 378. The van der Waals surface area contributed by atoms with Crippen molar-refractivity contribution in [2.24, 2.45) is 5.92 Å². The lowest BCUT2D eigenvalue weighted by atomic mass is 9.98. The summed E-state index contributed by atoms with van der Waals surface area (Å²) in [5, 5.41) is 9.44. The SMILES string of the molecule is CCC(C)CN(CC)CC(C(=O)O)c1ccccc1. The molecule has 1 rings (SSSR count). The lowest BCUT2D eigenvalue weighted by Gasteiger charge is -2.27. The van der Waals surface area contributed by atoms with Crippen molar-refractivity contribution in [3.63, 3.8) is 0 Å². The van der Waals surface area contributed by atoms with Crippen molar-refractivity contribution in [2.45, 2.75) is 33.1 Å². The van der Waals surface area contributed by atoms with Crippen LogP contribution in [0.3, 0.4) is 0 Å². The number of likely N-dealkylation sites (N-methyl/N-ethyl adjacent to an activating group) is 1. The molecule has 0 amide bonds. The molecule has 0 heterocycles. The largest absolute Gasteiger partial charge is 0.481 e. The summed E-state index contributed by atoms with van der Waals surface area (Å²) in [6.45, 7) is 8.91. The van der Waals surface area contributed by atoms with Crippen molar-refractivity contribution in [1.29, 1.82) is 0 Å². The van der Waals surface area contributed by atoms with Gasteiger partial charge in [0, 0.05) is 13.1 Å². The predicted molar refractivity (Wildman–Crippen MR) is 78.4 cm³/mol. The van der Waals surface area contributed by atoms with Crippen molar-refractivity contribution in [2.75, 3.05) is 19.6 Å². The minimum absolute atomic E-state index is 0.440. The standard InChI is InChI=1S/C16H25NO2/c1-4-13(3)11-17(5-2)12-15(16(18)19)14-9-7-6-8-10-14/h6-10,13,15H,4-5,11-12H2,1-3H3,(H,18,19). The molecule has 0 spiro atoms. The molecule has 0 fully saturated rings. The van der Waals surface area contributed by atoms with Crippen molar-refractivity contribution >= 4 is 5.97 Å². The van der Waals surface area contributed by atoms with E-state index in [1.54, 1.807) is 0 Å². The van der Waals surface area contributed by atoms with Gasteiger partial charge in [-0.2, -0.15) is 0 Å². The maximum absolute atomic E-state index is 11.5. The van der Waals surface area contributed by atoms with Crippen molar-refractivity contribution < 1.29 is 9.90 Å². The number of rotatable bonds is 8. The summed E-state index contributed by atoms with van der Waals surface area (Å²) in [4.78, 5) is 13.7. The van der Waals surface area contributed by atoms with Gasteiger partial charge in [-0.1, -0.05) is 57.5 Å². The van der Waals surface area contributed by atoms with Crippen LogP contribution >= 0.6 is 0 Å². The van der Waals surface area contributed by atoms with Gasteiger partial charge in [-0.05, 0) is 18.0 Å². The number of aliphatic carboxylic acids is 1. The van der Waals surface area contributed by atoms with Gasteiger partial charge >= 0.3 is 5.97 Å². The van der Waals surface area contributed by atoms with E-state index >= 15 is 0 Å². The van der Waals surface area contributed by atoms with Gasteiger partial charge in [-0.15, -0.1) is 0 Å². The van der Waals surface area contributed by atoms with Crippen molar-refractivity contribution in [3.8, 4) is 0 Å². The van der Waals surface area contributed by atoms with Crippen LogP contribution in [0.2, 0.25) is 0 Å². The van der Waals surface area contributed by atoms with E-state index in [1.165, 1.54) is 0 Å². The molecule has 0 aliphatic rings. The summed E-state index contributed by atoms with van der Waals surface area (Å²) in [7, 11) is 0. The van der Waals surface area contributed by atoms with Crippen LogP contribution in [-0.2, 0) is 4.79 Å². The number of carboxylic acid groups (broad SMARTS) is 1. The molecule has 0 aliphatic heterocycles. The first-order valence-electron chi connectivity index (χ1n) is 7.08. The topological polar surface area (TPSA) is 40.5 Å². The molecule has 3 heteroatoms. The Morgan fingerprint density at radius 3 is 2.32 bits per heavy atom. The Kier molecular flexibility index (Phi) is 6.57. The van der Waals surface area contributed by atoms with Crippen LogP contribution in [0.5, 0.6) is 0 Å². The van der Waals surface area contributed by atoms with Crippen LogP contribution in [0.1, 0.15) is 38.7 Å². The van der Waals surface area contributed by atoms with Crippen LogP contribution in [0.15, 0.2) is 30.3 Å². The Morgan fingerprint density at radius 2 is 1.84 bits per heavy atom. The zero-order valence-electron chi connectivity index (χ0n) is 12.2. The van der Waals surface area contributed by atoms with Gasteiger partial charge in [0.05, 0.1) is 5.92 Å². The Morgan fingerprint density at radius 1 is 1.21 bits per heavy atom. The molecular weight excluding hydrogens is 238 g/mol. The first kappa shape index (κ1) is 15.7. The molecule has 1 aromatic rings. The van der Waals surface area contributed by atoms with Crippen LogP contribution in [0.4, 0.5) is 0 Å². The Balaban J connectivity index is 2.75. The fourth-order valence-corrected chi connectivity index (χ4v) is 2.17. The molecule has 0 saturated carbocycles. The molecular formula is C16H25NO2. The molecule has 2 atom stereocenters. The third-order valence-electron chi connectivity index (χ3n) is 3.65. The Hall–Kier alpha value is -1.35. The normalized spacial score (nSPS) is 14.3. The van der Waals surface area contributed by atoms with Gasteiger partial charge in [0.25, 0.3) is 0 Å². The average molecular weight is 263 g/mol. The predicted octanol–water partition coefficient (Wildman–Crippen LogP) is 3.22. The minimum atomic E-state index is -0.742. The summed E-state index contributed by atoms with van der Waals surface area (Å²) in [6.07, 6.45) is 1.12. The zero-order chi connectivity index (χ0) is 14.3. The quantitative estimate of drug-likeness (QED) is 0.783. The van der Waals surface area contributed by atoms with E-state index in [0.29, 0.717) is 12.5 Å². The second kappa shape index (κ2) is 7.95. The summed E-state index contributed by atoms with van der Waals surface area (Å²) in [6, 6.07) is 9.51. The first-order valence-corrected chi connectivity index (χ1v) is 7.08. The highest BCUT2D eigenvalue weighted by Crippen LogP contribution is 2.18. The van der Waals surface area contributed by atoms with Gasteiger partial charge in [-0.3, -0.25) is 4.79 Å². The van der Waals surface area contributed by atoms with E-state index in [0.717, 1.165) is 25.1 Å². The molecule has 0 radical (unpaired) electrons. The van der Waals surface area contributed by atoms with Crippen LogP contribution < -0.4 is 0 Å². The van der Waals surface area contributed by atoms with Crippen LogP contribution in [-0.4, -0.2) is 35.6 Å². The molecule has 0 bridgehead atoms. The fourth-order valence-electron chi connectivity index (χ4n) is 2.17. The third-order valence-corrected chi connectivity index (χ3v) is 3.65. The van der Waals surface area contributed by atoms with E-state index in [1.807, 2.05) is 30.3 Å². The van der Waals surface area contributed by atoms with E-state index in [2.05, 4.69) is 25.7 Å². The Labute approximate surface area is 116 Å². The van der Waals surface area contributed by atoms with Crippen molar-refractivity contribution in [3.05, 3.63) is 35.9 Å². The van der Waals surface area contributed by atoms with E-state index in [4.69, 9.17) is 0 Å². The first-order chi connectivity index (χ1) is 9.08. The van der Waals surface area contributed by atoms with E-state index in [-0.39, 0.29) is 0 Å². The molecule has 0 aromatic heterocycles. The summed E-state index contributed by atoms with van der Waals surface area (Å²) < 4.78 is 0. The molecule has 19 heavy (non-hydrogen) atoms. The monoisotopic (exact) mass is 263 g/mol. The average Bonchev–Trinajstić information content (AvgIpc) is 2.43.